The summed E-state index contributed by atoms with van der Waals surface area (Å²) in [6.45, 7) is 4.25. The van der Waals surface area contributed by atoms with Crippen LogP contribution in [0.25, 0.3) is 11.2 Å². The third kappa shape index (κ3) is 6.76. The number of hydrogen-bond acceptors (Lipinski definition) is 12. The molecule has 1 saturated heterocycles. The van der Waals surface area contributed by atoms with E-state index in [0.717, 1.165) is 12.8 Å². The maximum atomic E-state index is 15.4. The van der Waals surface area contributed by atoms with Gasteiger partial charge in [-0.25, -0.2) is 13.9 Å². The molecule has 222 valence electrons. The Balaban J connectivity index is 1.32. The normalized spacial score (nSPS) is 24.7. The quantitative estimate of drug-likeness (QED) is 0.178. The molecule has 2 fully saturated rings. The number of rotatable bonds is 12. The van der Waals surface area contributed by atoms with Gasteiger partial charge in [0.05, 0.1) is 19.0 Å². The van der Waals surface area contributed by atoms with Gasteiger partial charge in [-0.05, 0) is 45.7 Å². The molecule has 1 saturated carbocycles. The van der Waals surface area contributed by atoms with E-state index >= 15 is 4.39 Å². The van der Waals surface area contributed by atoms with Crippen molar-refractivity contribution >= 4 is 36.6 Å². The topological polar surface area (TPSA) is 185 Å². The molecule has 0 bridgehead atoms. The van der Waals surface area contributed by atoms with Gasteiger partial charge in [-0.1, -0.05) is 18.2 Å². The van der Waals surface area contributed by atoms with Gasteiger partial charge in [0, 0.05) is 6.04 Å². The first-order chi connectivity index (χ1) is 19.5. The lowest BCUT2D eigenvalue weighted by molar-refractivity contribution is -0.149. The molecule has 0 spiro atoms. The summed E-state index contributed by atoms with van der Waals surface area (Å²) >= 11 is 0. The van der Waals surface area contributed by atoms with E-state index < -0.39 is 57.1 Å². The first-order valence-corrected chi connectivity index (χ1v) is 14.8. The smallest absolute Gasteiger partial charge is 0.459 e. The number of nitrogens with zero attached hydrogens (tertiary/aromatic N) is 4. The molecule has 0 amide bonds. The number of nitrogens with one attached hydrogen (secondary N) is 2. The summed E-state index contributed by atoms with van der Waals surface area (Å²) in [6, 6.07) is 7.34. The molecule has 2 aliphatic rings. The average molecular weight is 594 g/mol. The molecule has 41 heavy (non-hydrogen) atoms. The molecule has 0 unspecified atom stereocenters. The summed E-state index contributed by atoms with van der Waals surface area (Å²) in [5.74, 6) is -0.0887. The molecule has 2 aromatic heterocycles. The highest BCUT2D eigenvalue weighted by Crippen LogP contribution is 2.46. The number of fused-ring (bicyclic) bond motifs is 1. The third-order valence-corrected chi connectivity index (χ3v) is 8.00. The number of aliphatic hydroxyl groups is 1. The number of aromatic nitrogens is 4. The van der Waals surface area contributed by atoms with Crippen LogP contribution in [0.4, 0.5) is 16.2 Å². The number of imidazole rings is 1. The lowest BCUT2D eigenvalue weighted by Gasteiger charge is -2.25. The minimum atomic E-state index is -4.26. The molecule has 5 N–H and O–H groups in total. The number of carbonyl (C=O) groups excluding carboxylic acids is 1. The summed E-state index contributed by atoms with van der Waals surface area (Å²) < 4.78 is 52.6. The number of halogens is 1. The zero-order valence-corrected chi connectivity index (χ0v) is 23.6. The van der Waals surface area contributed by atoms with Crippen molar-refractivity contribution in [3.63, 3.8) is 0 Å². The number of alkyl halides is 1. The Bertz CT molecular complexity index is 1420. The largest absolute Gasteiger partial charge is 0.462 e. The van der Waals surface area contributed by atoms with Crippen molar-refractivity contribution in [3.05, 3.63) is 36.7 Å². The standard InChI is InChI=1S/C25H33FN7O7P/c1-13(2)38-24(35)14(3)32-41(36,40-16-7-5-4-6-8-16)37-11-17-20(34)18(26)23(39-17)33-12-28-19-21(29-15-9-10-15)30-25(27)31-22(19)33/h4-8,12-15,17-18,20,23,34H,9-11H2,1-3H3,(H,32,36)(H3,27,29,30,31)/t14-,17+,18-,20+,23+,41-/m0/s1. The maximum absolute atomic E-state index is 15.4. The van der Waals surface area contributed by atoms with Crippen molar-refractivity contribution < 1.29 is 37.4 Å². The third-order valence-electron chi connectivity index (χ3n) is 6.36. The van der Waals surface area contributed by atoms with Crippen molar-refractivity contribution in [2.75, 3.05) is 17.7 Å². The molecule has 1 aromatic carbocycles. The van der Waals surface area contributed by atoms with Gasteiger partial charge in [0.15, 0.2) is 29.4 Å². The molecule has 3 heterocycles. The highest BCUT2D eigenvalue weighted by molar-refractivity contribution is 7.52. The number of esters is 1. The fraction of sp³-hybridized carbons (Fsp3) is 0.520. The number of hydrogen-bond donors (Lipinski definition) is 4. The van der Waals surface area contributed by atoms with Gasteiger partial charge in [0.25, 0.3) is 0 Å². The lowest BCUT2D eigenvalue weighted by atomic mass is 10.1. The summed E-state index contributed by atoms with van der Waals surface area (Å²) in [5.41, 5.74) is 6.49. The second-order valence-corrected chi connectivity index (χ2v) is 11.9. The summed E-state index contributed by atoms with van der Waals surface area (Å²) in [4.78, 5) is 25.1. The number of nitrogen functional groups attached to an aromatic ring is 1. The zero-order valence-electron chi connectivity index (χ0n) is 22.7. The van der Waals surface area contributed by atoms with Crippen molar-refractivity contribution in [3.8, 4) is 5.75 Å². The Hall–Kier alpha value is -3.36. The van der Waals surface area contributed by atoms with E-state index in [-0.39, 0.29) is 23.4 Å². The molecular weight excluding hydrogens is 560 g/mol. The van der Waals surface area contributed by atoms with Crippen LogP contribution in [-0.4, -0.2) is 73.8 Å². The van der Waals surface area contributed by atoms with Crippen molar-refractivity contribution in [1.82, 2.24) is 24.6 Å². The van der Waals surface area contributed by atoms with Crippen LogP contribution in [0.2, 0.25) is 0 Å². The molecule has 1 aliphatic carbocycles. The Morgan fingerprint density at radius 3 is 2.68 bits per heavy atom. The van der Waals surface area contributed by atoms with E-state index in [9.17, 15) is 14.5 Å². The van der Waals surface area contributed by atoms with E-state index in [1.807, 2.05) is 0 Å². The van der Waals surface area contributed by atoms with Crippen molar-refractivity contribution in [1.29, 1.82) is 0 Å². The van der Waals surface area contributed by atoms with Gasteiger partial charge in [0.2, 0.25) is 5.95 Å². The fourth-order valence-corrected chi connectivity index (χ4v) is 5.71. The van der Waals surface area contributed by atoms with Crippen LogP contribution >= 0.6 is 7.75 Å². The van der Waals surface area contributed by atoms with Crippen LogP contribution in [0.15, 0.2) is 36.7 Å². The molecule has 1 aliphatic heterocycles. The number of para-hydroxylation sites is 1. The highest BCUT2D eigenvalue weighted by atomic mass is 31.2. The van der Waals surface area contributed by atoms with E-state index in [1.165, 1.54) is 17.8 Å². The number of carbonyl (C=O) groups is 1. The van der Waals surface area contributed by atoms with Gasteiger partial charge >= 0.3 is 13.7 Å². The summed E-state index contributed by atoms with van der Waals surface area (Å²) in [6.07, 6.45) is -3.27. The van der Waals surface area contributed by atoms with Crippen LogP contribution in [0.3, 0.4) is 0 Å². The minimum Gasteiger partial charge on any atom is -0.462 e. The Kier molecular flexibility index (Phi) is 8.43. The first-order valence-electron chi connectivity index (χ1n) is 13.2. The summed E-state index contributed by atoms with van der Waals surface area (Å²) in [5, 5.41) is 16.5. The molecule has 5 rings (SSSR count). The predicted molar refractivity (Wildman–Crippen MR) is 146 cm³/mol. The highest BCUT2D eigenvalue weighted by Gasteiger charge is 2.47. The molecule has 3 aromatic rings. The van der Waals surface area contributed by atoms with Crippen molar-refractivity contribution in [2.45, 2.75) is 76.4 Å². The second kappa shape index (κ2) is 11.9. The van der Waals surface area contributed by atoms with E-state index in [1.54, 1.807) is 44.2 Å². The van der Waals surface area contributed by atoms with E-state index in [4.69, 9.17) is 24.3 Å². The Labute approximate surface area is 235 Å². The monoisotopic (exact) mass is 593 g/mol. The minimum absolute atomic E-state index is 0.0357. The van der Waals surface area contributed by atoms with Gasteiger partial charge < -0.3 is 30.2 Å². The lowest BCUT2D eigenvalue weighted by Crippen LogP contribution is -2.37. The molecular formula is C25H33FN7O7P. The van der Waals surface area contributed by atoms with Crippen LogP contribution in [0.5, 0.6) is 5.75 Å². The van der Waals surface area contributed by atoms with Crippen LogP contribution in [-0.2, 0) is 23.4 Å². The summed E-state index contributed by atoms with van der Waals surface area (Å²) in [7, 11) is -4.26. The van der Waals surface area contributed by atoms with Gasteiger partial charge in [-0.2, -0.15) is 15.1 Å². The SMILES string of the molecule is CC(C)OC(=O)[C@H](C)N[P@](=O)(OC[C@H]1O[C@@H](n2cnc3c(NC4CC4)nc(N)nc32)[C@@H](F)[C@@H]1O)Oc1ccccc1. The van der Waals surface area contributed by atoms with Gasteiger partial charge in [-0.15, -0.1) is 0 Å². The van der Waals surface area contributed by atoms with E-state index in [0.29, 0.717) is 11.3 Å². The number of ether oxygens (including phenoxy) is 2. The van der Waals surface area contributed by atoms with Crippen LogP contribution < -0.4 is 20.7 Å². The predicted octanol–water partition coefficient (Wildman–Crippen LogP) is 2.71. The molecule has 6 atom stereocenters. The fourth-order valence-electron chi connectivity index (χ4n) is 4.21. The van der Waals surface area contributed by atoms with Crippen molar-refractivity contribution in [2.24, 2.45) is 0 Å². The van der Waals surface area contributed by atoms with Crippen LogP contribution in [0.1, 0.15) is 39.8 Å². The number of anilines is 2. The zero-order chi connectivity index (χ0) is 29.3. The van der Waals surface area contributed by atoms with Crippen LogP contribution in [0, 0.1) is 0 Å². The Morgan fingerprint density at radius 1 is 1.27 bits per heavy atom. The first kappa shape index (κ1) is 29.1. The molecule has 0 radical (unpaired) electrons. The average Bonchev–Trinajstić information content (AvgIpc) is 3.57. The molecule has 14 nitrogen and oxygen atoms in total. The Morgan fingerprint density at radius 2 is 2.00 bits per heavy atom. The molecule has 16 heteroatoms. The number of nitrogens with two attached hydrogens (primary N) is 1. The van der Waals surface area contributed by atoms with Gasteiger partial charge in [-0.3, -0.25) is 13.9 Å². The van der Waals surface area contributed by atoms with E-state index in [2.05, 4.69) is 25.4 Å². The maximum Gasteiger partial charge on any atom is 0.459 e. The number of aliphatic hydroxyl groups excluding tert-OH is 1. The number of benzene rings is 1. The second-order valence-electron chi connectivity index (χ2n) is 10.2. The van der Waals surface area contributed by atoms with Gasteiger partial charge in [0.1, 0.15) is 24.0 Å².